The molecule has 1 heterocycles. The Morgan fingerprint density at radius 1 is 1.41 bits per heavy atom. The Balaban J connectivity index is 2.42. The number of aromatic nitrogens is 1. The average Bonchev–Trinajstić information content (AvgIpc) is 2.56. The van der Waals surface area contributed by atoms with Gasteiger partial charge < -0.3 is 10.1 Å². The topological polar surface area (TPSA) is 53.1 Å². The fourth-order valence-corrected chi connectivity index (χ4v) is 2.09. The fraction of sp³-hybridized carbons (Fsp3) is 0.357. The van der Waals surface area contributed by atoms with Gasteiger partial charge >= 0.3 is 5.97 Å². The SMILES string of the molecule is Cc1ccc2[nH]c(CC(C)C(=O)O)c(C)c2c1. The van der Waals surface area contributed by atoms with E-state index in [4.69, 9.17) is 5.11 Å². The number of carboxylic acid groups (broad SMARTS) is 1. The Hall–Kier alpha value is -1.77. The van der Waals surface area contributed by atoms with Crippen LogP contribution < -0.4 is 0 Å². The first-order chi connectivity index (χ1) is 7.99. The van der Waals surface area contributed by atoms with Crippen LogP contribution in [0.15, 0.2) is 18.2 Å². The summed E-state index contributed by atoms with van der Waals surface area (Å²) in [5.41, 5.74) is 4.50. The van der Waals surface area contributed by atoms with Crippen molar-refractivity contribution in [3.8, 4) is 0 Å². The highest BCUT2D eigenvalue weighted by Crippen LogP contribution is 2.24. The quantitative estimate of drug-likeness (QED) is 0.853. The third-order valence-electron chi connectivity index (χ3n) is 3.25. The van der Waals surface area contributed by atoms with Gasteiger partial charge in [0, 0.05) is 23.0 Å². The standard InChI is InChI=1S/C14H17NO2/c1-8-4-5-12-11(6-8)10(3)13(15-12)7-9(2)14(16)17/h4-6,9,15H,7H2,1-3H3,(H,16,17). The predicted molar refractivity (Wildman–Crippen MR) is 68.3 cm³/mol. The minimum absolute atomic E-state index is 0.358. The molecule has 0 radical (unpaired) electrons. The molecule has 3 nitrogen and oxygen atoms in total. The molecule has 1 aromatic carbocycles. The van der Waals surface area contributed by atoms with Gasteiger partial charge in [-0.15, -0.1) is 0 Å². The van der Waals surface area contributed by atoms with Crippen LogP contribution in [0.25, 0.3) is 10.9 Å². The molecule has 3 heteroatoms. The largest absolute Gasteiger partial charge is 0.481 e. The van der Waals surface area contributed by atoms with E-state index < -0.39 is 5.97 Å². The van der Waals surface area contributed by atoms with Crippen molar-refractivity contribution in [2.45, 2.75) is 27.2 Å². The van der Waals surface area contributed by atoms with E-state index >= 15 is 0 Å². The van der Waals surface area contributed by atoms with Gasteiger partial charge in [0.1, 0.15) is 0 Å². The Morgan fingerprint density at radius 3 is 2.76 bits per heavy atom. The Kier molecular flexibility index (Phi) is 2.92. The van der Waals surface area contributed by atoms with Gasteiger partial charge in [0.15, 0.2) is 0 Å². The van der Waals surface area contributed by atoms with E-state index in [1.54, 1.807) is 6.92 Å². The van der Waals surface area contributed by atoms with E-state index in [1.165, 1.54) is 10.9 Å². The fourth-order valence-electron chi connectivity index (χ4n) is 2.09. The number of benzene rings is 1. The maximum Gasteiger partial charge on any atom is 0.306 e. The molecule has 2 rings (SSSR count). The molecule has 17 heavy (non-hydrogen) atoms. The van der Waals surface area contributed by atoms with Gasteiger partial charge in [0.05, 0.1) is 5.92 Å². The zero-order valence-corrected chi connectivity index (χ0v) is 10.4. The van der Waals surface area contributed by atoms with Crippen LogP contribution in [0.4, 0.5) is 0 Å². The van der Waals surface area contributed by atoms with Gasteiger partial charge in [-0.25, -0.2) is 0 Å². The highest BCUT2D eigenvalue weighted by Gasteiger charge is 2.15. The van der Waals surface area contributed by atoms with Crippen LogP contribution in [0.2, 0.25) is 0 Å². The molecule has 0 saturated heterocycles. The zero-order valence-electron chi connectivity index (χ0n) is 10.4. The lowest BCUT2D eigenvalue weighted by atomic mass is 10.0. The molecule has 0 fully saturated rings. The smallest absolute Gasteiger partial charge is 0.306 e. The third-order valence-corrected chi connectivity index (χ3v) is 3.25. The molecular formula is C14H17NO2. The van der Waals surface area contributed by atoms with E-state index in [-0.39, 0.29) is 5.92 Å². The van der Waals surface area contributed by atoms with Crippen LogP contribution in [0.3, 0.4) is 0 Å². The number of aryl methyl sites for hydroxylation is 2. The molecular weight excluding hydrogens is 214 g/mol. The number of rotatable bonds is 3. The van der Waals surface area contributed by atoms with Crippen LogP contribution in [-0.2, 0) is 11.2 Å². The third kappa shape index (κ3) is 2.18. The summed E-state index contributed by atoms with van der Waals surface area (Å²) in [6.45, 7) is 5.84. The van der Waals surface area contributed by atoms with E-state index in [0.29, 0.717) is 6.42 Å². The number of hydrogen-bond donors (Lipinski definition) is 2. The summed E-state index contributed by atoms with van der Waals surface area (Å²) in [5, 5.41) is 10.1. The second kappa shape index (κ2) is 4.24. The second-order valence-corrected chi connectivity index (χ2v) is 4.72. The van der Waals surface area contributed by atoms with E-state index in [0.717, 1.165) is 16.8 Å². The van der Waals surface area contributed by atoms with Crippen LogP contribution in [-0.4, -0.2) is 16.1 Å². The average molecular weight is 231 g/mol. The molecule has 90 valence electrons. The van der Waals surface area contributed by atoms with Crippen molar-refractivity contribution in [3.05, 3.63) is 35.0 Å². The molecule has 2 N–H and O–H groups in total. The number of nitrogens with one attached hydrogen (secondary N) is 1. The number of aliphatic carboxylic acids is 1. The predicted octanol–water partition coefficient (Wildman–Crippen LogP) is 3.05. The Bertz CT molecular complexity index is 569. The van der Waals surface area contributed by atoms with Crippen molar-refractivity contribution in [1.29, 1.82) is 0 Å². The summed E-state index contributed by atoms with van der Waals surface area (Å²) >= 11 is 0. The molecule has 1 atom stereocenters. The molecule has 0 amide bonds. The van der Waals surface area contributed by atoms with Gasteiger partial charge in [-0.05, 0) is 31.5 Å². The van der Waals surface area contributed by atoms with Gasteiger partial charge in [0.25, 0.3) is 0 Å². The Labute approximate surface area is 100 Å². The Morgan fingerprint density at radius 2 is 2.12 bits per heavy atom. The van der Waals surface area contributed by atoms with Crippen molar-refractivity contribution in [2.24, 2.45) is 5.92 Å². The second-order valence-electron chi connectivity index (χ2n) is 4.72. The molecule has 0 bridgehead atoms. The molecule has 1 aromatic heterocycles. The van der Waals surface area contributed by atoms with Gasteiger partial charge in [-0.3, -0.25) is 4.79 Å². The number of carboxylic acids is 1. The first-order valence-electron chi connectivity index (χ1n) is 5.79. The number of fused-ring (bicyclic) bond motifs is 1. The molecule has 0 spiro atoms. The van der Waals surface area contributed by atoms with Gasteiger partial charge in [-0.2, -0.15) is 0 Å². The first-order valence-corrected chi connectivity index (χ1v) is 5.79. The zero-order chi connectivity index (χ0) is 12.6. The van der Waals surface area contributed by atoms with Crippen LogP contribution >= 0.6 is 0 Å². The maximum atomic E-state index is 10.9. The van der Waals surface area contributed by atoms with Crippen LogP contribution in [0.1, 0.15) is 23.7 Å². The highest BCUT2D eigenvalue weighted by molar-refractivity contribution is 5.85. The van der Waals surface area contributed by atoms with Crippen molar-refractivity contribution >= 4 is 16.9 Å². The highest BCUT2D eigenvalue weighted by atomic mass is 16.4. The van der Waals surface area contributed by atoms with Crippen molar-refractivity contribution in [1.82, 2.24) is 4.98 Å². The first kappa shape index (κ1) is 11.7. The van der Waals surface area contributed by atoms with Crippen molar-refractivity contribution in [2.75, 3.05) is 0 Å². The van der Waals surface area contributed by atoms with Crippen molar-refractivity contribution in [3.63, 3.8) is 0 Å². The summed E-state index contributed by atoms with van der Waals surface area (Å²) in [7, 11) is 0. The maximum absolute atomic E-state index is 10.9. The number of hydrogen-bond acceptors (Lipinski definition) is 1. The summed E-state index contributed by atoms with van der Waals surface area (Å²) in [4.78, 5) is 14.2. The summed E-state index contributed by atoms with van der Waals surface area (Å²) in [6, 6.07) is 6.24. The van der Waals surface area contributed by atoms with Crippen LogP contribution in [0.5, 0.6) is 0 Å². The minimum atomic E-state index is -0.751. The molecule has 0 aliphatic rings. The molecule has 0 aliphatic carbocycles. The van der Waals surface area contributed by atoms with E-state index in [9.17, 15) is 4.79 Å². The normalized spacial score (nSPS) is 12.9. The molecule has 1 unspecified atom stereocenters. The summed E-state index contributed by atoms with van der Waals surface area (Å²) < 4.78 is 0. The lowest BCUT2D eigenvalue weighted by molar-refractivity contribution is -0.141. The van der Waals surface area contributed by atoms with E-state index in [2.05, 4.69) is 24.0 Å². The van der Waals surface area contributed by atoms with Gasteiger partial charge in [-0.1, -0.05) is 18.6 Å². The lowest BCUT2D eigenvalue weighted by Crippen LogP contribution is -2.12. The monoisotopic (exact) mass is 231 g/mol. The molecule has 0 aliphatic heterocycles. The lowest BCUT2D eigenvalue weighted by Gasteiger charge is -2.04. The summed E-state index contributed by atoms with van der Waals surface area (Å²) in [6.07, 6.45) is 0.550. The minimum Gasteiger partial charge on any atom is -0.481 e. The molecule has 0 saturated carbocycles. The van der Waals surface area contributed by atoms with Crippen molar-refractivity contribution < 1.29 is 9.90 Å². The van der Waals surface area contributed by atoms with E-state index in [1.807, 2.05) is 13.0 Å². The molecule has 2 aromatic rings. The number of H-pyrrole nitrogens is 1. The van der Waals surface area contributed by atoms with Crippen LogP contribution in [0, 0.1) is 19.8 Å². The number of carbonyl (C=O) groups is 1. The van der Waals surface area contributed by atoms with Gasteiger partial charge in [0.2, 0.25) is 0 Å². The summed E-state index contributed by atoms with van der Waals surface area (Å²) in [5.74, 6) is -1.11. The number of aromatic amines is 1.